The second-order valence-electron chi connectivity index (χ2n) is 22.0. The van der Waals surface area contributed by atoms with Crippen LogP contribution in [0.2, 0.25) is 0 Å². The molecule has 0 spiro atoms. The Morgan fingerprint density at radius 2 is 1.15 bits per heavy atom. The van der Waals surface area contributed by atoms with E-state index in [0.29, 0.717) is 22.9 Å². The van der Waals surface area contributed by atoms with E-state index in [1.807, 2.05) is 48.5 Å². The number of fused-ring (bicyclic) bond motifs is 10. The fraction of sp³-hybridized carbons (Fsp3) is 0.169. The number of anilines is 4. The number of pyridine rings is 1. The van der Waals surface area contributed by atoms with Gasteiger partial charge in [-0.1, -0.05) is 42.5 Å². The summed E-state index contributed by atoms with van der Waals surface area (Å²) in [5, 5.41) is 0. The predicted molar refractivity (Wildman–Crippen MR) is 299 cm³/mol. The maximum atomic E-state index is 9.46. The summed E-state index contributed by atoms with van der Waals surface area (Å²) in [6.45, 7) is 17.7. The van der Waals surface area contributed by atoms with Gasteiger partial charge in [0.1, 0.15) is 0 Å². The topological polar surface area (TPSA) is 38.5 Å². The van der Waals surface area contributed by atoms with Crippen LogP contribution in [0.5, 0.6) is 11.6 Å². The summed E-state index contributed by atoms with van der Waals surface area (Å²) in [4.78, 5) is 10.4. The van der Waals surface area contributed by atoms with E-state index in [1.165, 1.54) is 27.8 Å². The number of benzene rings is 8. The zero-order chi connectivity index (χ0) is 54.5. The fourth-order valence-electron chi connectivity index (χ4n) is 11.3. The number of aromatic nitrogens is 3. The van der Waals surface area contributed by atoms with Crippen LogP contribution in [0.3, 0.4) is 0 Å². The van der Waals surface area contributed by atoms with Crippen molar-refractivity contribution in [2.75, 3.05) is 9.62 Å². The van der Waals surface area contributed by atoms with Crippen molar-refractivity contribution < 1.29 is 30.9 Å². The SMILES string of the molecule is [2H]c1c([2H])c([2H])c(-c2cc(C(C)(C)C(C)(C)C)cc(-c3ccccc3)c2-n2[c](=[Pt])n(-c3cccc(Oc4cc(C(C)(C)C)c5c(n4)N4B6c7c(cccc7-5)-c5ccccc5N6c5ccccc54)c3)c3ccccc32)c([2H])c1[2H]. The molecule has 3 aliphatic rings. The second-order valence-corrected chi connectivity index (χ2v) is 23.0. The molecule has 0 bridgehead atoms. The third-order valence-corrected chi connectivity index (χ3v) is 16.8. The van der Waals surface area contributed by atoms with E-state index in [1.54, 1.807) is 0 Å². The zero-order valence-electron chi connectivity index (χ0n) is 47.1. The Balaban J connectivity index is 1.01. The van der Waals surface area contributed by atoms with E-state index >= 15 is 0 Å². The molecular weight excluding hydrogens is 1070 g/mol. The van der Waals surface area contributed by atoms with Crippen LogP contribution in [-0.4, -0.2) is 21.1 Å². The fourth-order valence-corrected chi connectivity index (χ4v) is 12.4. The molecule has 2 aromatic heterocycles. The molecule has 73 heavy (non-hydrogen) atoms. The average molecular weight is 1130 g/mol. The number of ether oxygens (including phenoxy) is 1. The maximum absolute atomic E-state index is 9.46. The Morgan fingerprint density at radius 1 is 0.548 bits per heavy atom. The molecule has 0 unspecified atom stereocenters. The van der Waals surface area contributed by atoms with Crippen molar-refractivity contribution in [2.45, 2.75) is 66.2 Å². The van der Waals surface area contributed by atoms with Crippen LogP contribution < -0.4 is 19.8 Å². The third kappa shape index (κ3) is 6.95. The van der Waals surface area contributed by atoms with Crippen LogP contribution in [0.1, 0.15) is 73.4 Å². The van der Waals surface area contributed by atoms with E-state index < -0.39 is 11.5 Å². The van der Waals surface area contributed by atoms with Gasteiger partial charge in [-0.25, -0.2) is 0 Å². The van der Waals surface area contributed by atoms with E-state index in [2.05, 4.69) is 209 Å². The molecule has 13 rings (SSSR count). The number of para-hydroxylation sites is 5. The number of rotatable bonds is 7. The monoisotopic (exact) mass is 1130 g/mol. The first-order valence-electron chi connectivity index (χ1n) is 27.5. The van der Waals surface area contributed by atoms with Gasteiger partial charge in [0.15, 0.2) is 0 Å². The van der Waals surface area contributed by atoms with Crippen LogP contribution in [0.25, 0.3) is 66.9 Å². The number of hydrogen-bond donors (Lipinski definition) is 0. The molecule has 8 heteroatoms. The van der Waals surface area contributed by atoms with Gasteiger partial charge in [-0.2, -0.15) is 0 Å². The molecular formula is C65H56BN5OPt. The molecule has 0 fully saturated rings. The molecule has 0 saturated heterocycles. The summed E-state index contributed by atoms with van der Waals surface area (Å²) in [5.41, 5.74) is 16.4. The van der Waals surface area contributed by atoms with Crippen molar-refractivity contribution in [3.8, 4) is 67.5 Å². The number of hydrogen-bond acceptors (Lipinski definition) is 4. The van der Waals surface area contributed by atoms with Crippen molar-refractivity contribution in [3.05, 3.63) is 209 Å². The quantitative estimate of drug-likeness (QED) is 0.149. The predicted octanol–water partition coefficient (Wildman–Crippen LogP) is 16.3. The minimum atomic E-state index is -0.432. The summed E-state index contributed by atoms with van der Waals surface area (Å²) in [6, 6.07) is 55.3. The Kier molecular flexibility index (Phi) is 9.07. The Labute approximate surface area is 446 Å². The van der Waals surface area contributed by atoms with Gasteiger partial charge in [0.2, 0.25) is 0 Å². The molecule has 10 aromatic rings. The summed E-state index contributed by atoms with van der Waals surface area (Å²) in [6.07, 6.45) is 0. The molecule has 0 aliphatic carbocycles. The zero-order valence-corrected chi connectivity index (χ0v) is 44.4. The van der Waals surface area contributed by atoms with Crippen LogP contribution in [0.4, 0.5) is 22.9 Å². The van der Waals surface area contributed by atoms with E-state index in [0.717, 1.165) is 65.5 Å². The first-order chi connectivity index (χ1) is 37.3. The van der Waals surface area contributed by atoms with Gasteiger partial charge in [0, 0.05) is 11.3 Å². The molecule has 0 N–H and O–H groups in total. The Bertz CT molecular complexity index is 4220. The summed E-state index contributed by atoms with van der Waals surface area (Å²) >= 11 is 2.38. The molecule has 3 aliphatic heterocycles. The Morgan fingerprint density at radius 3 is 1.86 bits per heavy atom. The molecule has 0 amide bonds. The molecule has 5 heterocycles. The summed E-state index contributed by atoms with van der Waals surface area (Å²) in [7, 11) is 0. The summed E-state index contributed by atoms with van der Waals surface area (Å²) < 4.78 is 57.6. The van der Waals surface area contributed by atoms with Crippen molar-refractivity contribution >= 4 is 46.4 Å². The van der Waals surface area contributed by atoms with Crippen molar-refractivity contribution in [1.82, 2.24) is 14.1 Å². The van der Waals surface area contributed by atoms with Gasteiger partial charge in [0.05, 0.1) is 0 Å². The molecule has 0 radical (unpaired) electrons. The van der Waals surface area contributed by atoms with Crippen molar-refractivity contribution in [1.29, 1.82) is 0 Å². The Hall–Kier alpha value is -7.47. The first kappa shape index (κ1) is 40.1. The van der Waals surface area contributed by atoms with Crippen molar-refractivity contribution in [2.24, 2.45) is 5.41 Å². The number of imidazole rings is 1. The number of nitrogens with zero attached hydrogens (tertiary/aromatic N) is 5. The van der Waals surface area contributed by atoms with Crippen LogP contribution >= 0.6 is 0 Å². The molecule has 6 nitrogen and oxygen atoms in total. The standard InChI is InChI=1S/C65H56BN5O.Pt/c1-63(2,3)52-40-58(67-62-59(52)49-31-22-30-48-47-29-15-16-32-53(47)70-56-35-19-20-36-57(56)71(62)66(70)60(48)49)72-46-28-21-27-45(39-46)68-41-69(55-34-18-17-33-54(55)68)61-50(42-23-11-9-12-24-42)37-44(65(7,8)64(4,5)6)38-51(61)43-25-13-10-14-26-43;/h9-40H,1-8H3;/i9D,11D,12D,23D,24D;. The van der Waals surface area contributed by atoms with Gasteiger partial charge in [-0.15, -0.1) is 0 Å². The van der Waals surface area contributed by atoms with E-state index in [9.17, 15) is 2.74 Å². The van der Waals surface area contributed by atoms with Gasteiger partial charge in [0.25, 0.3) is 0 Å². The molecule has 0 atom stereocenters. The van der Waals surface area contributed by atoms with E-state index in [4.69, 9.17) is 13.8 Å². The minimum absolute atomic E-state index is 0.143. The normalized spacial score (nSPS) is 14.4. The molecule has 360 valence electrons. The molecule has 8 aromatic carbocycles. The first-order valence-corrected chi connectivity index (χ1v) is 26.1. The van der Waals surface area contributed by atoms with Crippen LogP contribution in [-0.2, 0) is 30.2 Å². The van der Waals surface area contributed by atoms with E-state index in [-0.39, 0.29) is 47.5 Å². The third-order valence-electron chi connectivity index (χ3n) is 15.8. The average Bonchev–Trinajstić information content (AvgIpc) is 3.26. The summed E-state index contributed by atoms with van der Waals surface area (Å²) in [5.74, 6) is 1.94. The van der Waals surface area contributed by atoms with Gasteiger partial charge in [-0.05, 0) is 17.7 Å². The second kappa shape index (κ2) is 16.5. The van der Waals surface area contributed by atoms with Gasteiger partial charge in [-0.3, -0.25) is 0 Å². The van der Waals surface area contributed by atoms with Crippen LogP contribution in [0.15, 0.2) is 194 Å². The molecule has 0 saturated carbocycles. The van der Waals surface area contributed by atoms with Gasteiger partial charge >= 0.3 is 378 Å². The van der Waals surface area contributed by atoms with Crippen molar-refractivity contribution in [3.63, 3.8) is 0 Å². The van der Waals surface area contributed by atoms with Crippen LogP contribution in [0, 0.1) is 9.22 Å². The van der Waals surface area contributed by atoms with Gasteiger partial charge < -0.3 is 0 Å².